The summed E-state index contributed by atoms with van der Waals surface area (Å²) < 4.78 is 136. The molecule has 2 aliphatic rings. The lowest BCUT2D eigenvalue weighted by atomic mass is 9.96. The maximum absolute atomic E-state index is 17.7. The van der Waals surface area contributed by atoms with Crippen molar-refractivity contribution in [3.63, 3.8) is 0 Å². The van der Waals surface area contributed by atoms with Crippen LogP contribution in [0.3, 0.4) is 0 Å². The van der Waals surface area contributed by atoms with Gasteiger partial charge in [0, 0.05) is 45.5 Å². The summed E-state index contributed by atoms with van der Waals surface area (Å²) in [5.41, 5.74) is 17.3. The van der Waals surface area contributed by atoms with Gasteiger partial charge in [0.15, 0.2) is 69.8 Å². The Kier molecular flexibility index (Phi) is 19.6. The number of rotatable bonds is 16. The van der Waals surface area contributed by atoms with E-state index >= 15 is 35.1 Å². The first-order valence-electron chi connectivity index (χ1n) is 39.1. The molecular formula is C96H82F8N16. The second-order valence-corrected chi connectivity index (χ2v) is 31.3. The molecule has 3 aromatic heterocycles. The third kappa shape index (κ3) is 13.1. The number of hydrogen-bond donors (Lipinski definition) is 10. The highest BCUT2D eigenvalue weighted by molar-refractivity contribution is 6.27. The first-order chi connectivity index (χ1) is 57.5. The molecule has 0 fully saturated rings. The van der Waals surface area contributed by atoms with Crippen LogP contribution in [0.25, 0.3) is 89.7 Å². The van der Waals surface area contributed by atoms with E-state index in [1.807, 2.05) is 256 Å². The first-order valence-corrected chi connectivity index (χ1v) is 39.1. The predicted octanol–water partition coefficient (Wildman–Crippen LogP) is 26.9. The number of nitrogens with zero attached hydrogens (tertiary/aromatic N) is 6. The largest absolute Gasteiger partial charge is 0.353 e. The number of nitrogens with one attached hydrogen (secondary N) is 10. The predicted molar refractivity (Wildman–Crippen MR) is 469 cm³/mol. The molecule has 0 spiro atoms. The Hall–Kier alpha value is -14.2. The summed E-state index contributed by atoms with van der Waals surface area (Å²) in [6.45, 7) is 31.5. The van der Waals surface area contributed by atoms with Crippen molar-refractivity contribution < 1.29 is 35.1 Å². The lowest BCUT2D eigenvalue weighted by Crippen LogP contribution is -2.11. The average molecular weight is 1610 g/mol. The van der Waals surface area contributed by atoms with Crippen LogP contribution in [0.1, 0.15) is 89.0 Å². The topological polar surface area (TPSA) is 205 Å². The van der Waals surface area contributed by atoms with Crippen molar-refractivity contribution in [2.45, 2.75) is 111 Å². The number of aromatic amines is 2. The Labute approximate surface area is 686 Å². The Bertz CT molecular complexity index is 6970. The van der Waals surface area contributed by atoms with Gasteiger partial charge in [-0.1, -0.05) is 146 Å². The fourth-order valence-corrected chi connectivity index (χ4v) is 16.6. The number of anilines is 16. The number of H-pyrrole nitrogens is 2. The molecule has 2 aliphatic heterocycles. The van der Waals surface area contributed by atoms with Gasteiger partial charge < -0.3 is 52.5 Å². The second-order valence-electron chi connectivity index (χ2n) is 31.3. The molecule has 5 heterocycles. The summed E-state index contributed by atoms with van der Waals surface area (Å²) in [5, 5.41) is 29.8. The molecule has 0 aliphatic carbocycles. The minimum atomic E-state index is -2.29. The van der Waals surface area contributed by atoms with E-state index in [-0.39, 0.29) is 56.2 Å². The van der Waals surface area contributed by atoms with Gasteiger partial charge in [0.05, 0.1) is 89.3 Å². The van der Waals surface area contributed by atoms with Crippen LogP contribution in [0.2, 0.25) is 0 Å². The van der Waals surface area contributed by atoms with Crippen molar-refractivity contribution in [3.05, 3.63) is 281 Å². The highest BCUT2D eigenvalue weighted by Crippen LogP contribution is 2.59. The summed E-state index contributed by atoms with van der Waals surface area (Å²) in [7, 11) is 0. The van der Waals surface area contributed by atoms with Crippen molar-refractivity contribution >= 4 is 135 Å². The normalized spacial score (nSPS) is 11.7. The minimum Gasteiger partial charge on any atom is -0.353 e. The highest BCUT2D eigenvalue weighted by atomic mass is 19.2. The molecule has 0 amide bonds. The SMILES string of the molecule is Cc1cccc(C)c1Nc1c(Nc2c(C)cccc2C)c(Nc2c(C)cccc2C)c2c(c1Nc1c(C)cccc1C)-c1nc-2nc2[nH]c(nc3nc(nc4[nH]c(n1)c1c(F)c(F)c(F)c(F)c41)-c1c(F)c(F)c(F)c(F)c1-3)c1c(Nc3c(C)cccc3C)c(Nc3c(C)cccc3C)c(Nc3c(C)cccc3C)c(Nc3c(C)cccc3C)c21. The second kappa shape index (κ2) is 30.1. The number of halogens is 8. The number of aromatic nitrogens is 8. The third-order valence-electron chi connectivity index (χ3n) is 23.0. The summed E-state index contributed by atoms with van der Waals surface area (Å²) in [6, 6.07) is 47.1. The fourth-order valence-electron chi connectivity index (χ4n) is 16.6. The maximum Gasteiger partial charge on any atom is 0.198 e. The zero-order valence-corrected chi connectivity index (χ0v) is 68.6. The van der Waals surface area contributed by atoms with Crippen molar-refractivity contribution in [3.8, 4) is 45.6 Å². The molecule has 0 saturated carbocycles. The molecule has 15 aromatic rings. The minimum absolute atomic E-state index is 0.0598. The van der Waals surface area contributed by atoms with E-state index in [2.05, 4.69) is 62.5 Å². The van der Waals surface area contributed by atoms with E-state index in [1.165, 1.54) is 0 Å². The maximum atomic E-state index is 17.7. The van der Waals surface area contributed by atoms with Gasteiger partial charge in [0.25, 0.3) is 0 Å². The van der Waals surface area contributed by atoms with Gasteiger partial charge in [0.2, 0.25) is 0 Å². The van der Waals surface area contributed by atoms with Crippen LogP contribution >= 0.6 is 0 Å². The molecule has 0 atom stereocenters. The Morgan fingerprint density at radius 3 is 0.558 bits per heavy atom. The molecular weight excluding hydrogens is 1530 g/mol. The van der Waals surface area contributed by atoms with E-state index in [4.69, 9.17) is 19.9 Å². The lowest BCUT2D eigenvalue weighted by molar-refractivity contribution is 0.412. The van der Waals surface area contributed by atoms with Crippen LogP contribution in [0.5, 0.6) is 0 Å². The van der Waals surface area contributed by atoms with Crippen LogP contribution < -0.4 is 42.5 Å². The average Bonchev–Trinajstić information content (AvgIpc) is 1.54. The summed E-state index contributed by atoms with van der Waals surface area (Å²) in [6.07, 6.45) is 0. The number of aryl methyl sites for hydroxylation is 16. The molecule has 12 aromatic carbocycles. The Morgan fingerprint density at radius 1 is 0.175 bits per heavy atom. The van der Waals surface area contributed by atoms with Crippen LogP contribution in [0.15, 0.2) is 146 Å². The molecule has 0 unspecified atom stereocenters. The molecule has 120 heavy (non-hydrogen) atoms. The fraction of sp³-hybridized carbons (Fsp3) is 0.167. The molecule has 24 heteroatoms. The smallest absolute Gasteiger partial charge is 0.198 e. The van der Waals surface area contributed by atoms with E-state index in [9.17, 15) is 0 Å². The molecule has 8 bridgehead atoms. The van der Waals surface area contributed by atoms with E-state index < -0.39 is 91.4 Å². The molecule has 602 valence electrons. The molecule has 16 nitrogen and oxygen atoms in total. The molecule has 0 radical (unpaired) electrons. The monoisotopic (exact) mass is 1610 g/mol. The standard InChI is InChI=1S/C96H82F8N16/c1-41-25-17-26-42(2)73(41)105-81-61-63(83(107-75-45(5)29-19-30-46(75)6)87(111-79-53(13)37-23-38-54(79)14)85(81)109-77-49(9)33-21-34-50(77)10)95-118-93(61)116-91-59-57(65(97)69(101)71(103)67(59)99)89(114-91)113-90-58-60(68(100)72(104)70(102)66(58)98)92(115-90)117-94-62-64(96(119-94)120-95)84(108-76-47(7)31-20-32-48(76)8)88(112-80-55(15)39-24-40-56(80)16)86(110-78-51(11)35-22-36-52(78)12)82(62)106-74-43(3)27-18-28-44(74)4/h17-40,105-112H,1-16H3,(H2,113,114,115,116,117,118,119,120). The molecule has 17 rings (SSSR count). The zero-order valence-electron chi connectivity index (χ0n) is 68.6. The summed E-state index contributed by atoms with van der Waals surface area (Å²) >= 11 is 0. The Morgan fingerprint density at radius 2 is 0.342 bits per heavy atom. The number of hydrogen-bond acceptors (Lipinski definition) is 14. The van der Waals surface area contributed by atoms with Gasteiger partial charge >= 0.3 is 0 Å². The van der Waals surface area contributed by atoms with Crippen LogP contribution in [-0.4, -0.2) is 39.9 Å². The van der Waals surface area contributed by atoms with Crippen molar-refractivity contribution in [2.24, 2.45) is 0 Å². The van der Waals surface area contributed by atoms with Crippen LogP contribution in [0, 0.1) is 157 Å². The van der Waals surface area contributed by atoms with Crippen LogP contribution in [0.4, 0.5) is 126 Å². The number of fused-ring (bicyclic) bond motifs is 20. The van der Waals surface area contributed by atoms with Crippen molar-refractivity contribution in [1.29, 1.82) is 0 Å². The van der Waals surface area contributed by atoms with Crippen LogP contribution in [-0.2, 0) is 0 Å². The van der Waals surface area contributed by atoms with Gasteiger partial charge in [-0.25, -0.2) is 65.0 Å². The summed E-state index contributed by atoms with van der Waals surface area (Å²) in [4.78, 5) is 37.5. The van der Waals surface area contributed by atoms with Gasteiger partial charge in [0.1, 0.15) is 22.6 Å². The number of benzene rings is 12. The highest BCUT2D eigenvalue weighted by Gasteiger charge is 2.39. The number of para-hydroxylation sites is 8. The van der Waals surface area contributed by atoms with E-state index in [1.54, 1.807) is 0 Å². The third-order valence-corrected chi connectivity index (χ3v) is 23.0. The molecule has 0 saturated heterocycles. The molecule has 10 N–H and O–H groups in total. The zero-order chi connectivity index (χ0) is 84.6. The van der Waals surface area contributed by atoms with Crippen molar-refractivity contribution in [1.82, 2.24) is 39.9 Å². The van der Waals surface area contributed by atoms with Gasteiger partial charge in [-0.3, -0.25) is 0 Å². The van der Waals surface area contributed by atoms with Gasteiger partial charge in [-0.15, -0.1) is 0 Å². The lowest BCUT2D eigenvalue weighted by Gasteiger charge is -2.29. The van der Waals surface area contributed by atoms with Gasteiger partial charge in [-0.05, 0) is 200 Å². The van der Waals surface area contributed by atoms with E-state index in [0.29, 0.717) is 79.6 Å². The quantitative estimate of drug-likeness (QED) is 0.0248. The Balaban J connectivity index is 1.20. The summed E-state index contributed by atoms with van der Waals surface area (Å²) in [5.74, 6) is -19.3. The van der Waals surface area contributed by atoms with Gasteiger partial charge in [-0.2, -0.15) is 0 Å². The van der Waals surface area contributed by atoms with Crippen molar-refractivity contribution in [2.75, 3.05) is 42.5 Å². The van der Waals surface area contributed by atoms with E-state index in [0.717, 1.165) is 89.0 Å². The first kappa shape index (κ1) is 78.4.